The molecule has 0 radical (unpaired) electrons. The van der Waals surface area contributed by atoms with Crippen LogP contribution < -0.4 is 0 Å². The van der Waals surface area contributed by atoms with Gasteiger partial charge in [-0.1, -0.05) is 53.1 Å². The quantitative estimate of drug-likeness (QED) is 0.461. The first-order valence-electron chi connectivity index (χ1n) is 11.2. The Morgan fingerprint density at radius 1 is 0.743 bits per heavy atom. The van der Waals surface area contributed by atoms with Crippen molar-refractivity contribution in [1.29, 1.82) is 0 Å². The topological polar surface area (TPSA) is 72.9 Å². The van der Waals surface area contributed by atoms with Gasteiger partial charge in [0, 0.05) is 19.2 Å². The summed E-state index contributed by atoms with van der Waals surface area (Å²) in [6.07, 6.45) is 0. The van der Waals surface area contributed by atoms with Crippen LogP contribution in [0.4, 0.5) is 0 Å². The summed E-state index contributed by atoms with van der Waals surface area (Å²) in [5.74, 6) is -0.688. The Balaban J connectivity index is 0.000000193. The molecule has 6 heteroatoms. The molecule has 0 saturated carbocycles. The third kappa shape index (κ3) is 7.54. The van der Waals surface area contributed by atoms with Gasteiger partial charge in [-0.25, -0.2) is 9.59 Å². The highest BCUT2D eigenvalue weighted by atomic mass is 16.5. The lowest BCUT2D eigenvalue weighted by atomic mass is 10.1. The van der Waals surface area contributed by atoms with Crippen molar-refractivity contribution in [3.8, 4) is 0 Å². The second-order valence-corrected chi connectivity index (χ2v) is 8.49. The van der Waals surface area contributed by atoms with Gasteiger partial charge < -0.3 is 14.4 Å². The second-order valence-electron chi connectivity index (χ2n) is 8.49. The molecule has 1 aliphatic rings. The predicted octanol–water partition coefficient (Wildman–Crippen LogP) is 5.45. The third-order valence-corrected chi connectivity index (χ3v) is 5.52. The molecule has 184 valence electrons. The molecule has 1 heterocycles. The summed E-state index contributed by atoms with van der Waals surface area (Å²) in [6, 6.07) is 19.2. The van der Waals surface area contributed by atoms with Gasteiger partial charge in [0.05, 0.1) is 25.3 Å². The molecule has 0 unspecified atom stereocenters. The van der Waals surface area contributed by atoms with Crippen LogP contribution in [0.2, 0.25) is 0 Å². The van der Waals surface area contributed by atoms with Crippen molar-refractivity contribution in [1.82, 2.24) is 4.90 Å². The van der Waals surface area contributed by atoms with Crippen LogP contribution in [0.3, 0.4) is 0 Å². The van der Waals surface area contributed by atoms with Gasteiger partial charge in [0.1, 0.15) is 0 Å². The van der Waals surface area contributed by atoms with E-state index in [1.807, 2.05) is 32.2 Å². The number of aryl methyl sites for hydroxylation is 4. The Kier molecular flexibility index (Phi) is 9.76. The molecule has 0 N–H and O–H groups in total. The smallest absolute Gasteiger partial charge is 0.338 e. The average molecular weight is 476 g/mol. The summed E-state index contributed by atoms with van der Waals surface area (Å²) in [7, 11) is 4.46. The molecule has 0 atom stereocenters. The Hall–Kier alpha value is -3.93. The normalized spacial score (nSPS) is 11.4. The number of nitrogens with zero attached hydrogens (tertiary/aromatic N) is 1. The third-order valence-electron chi connectivity index (χ3n) is 5.52. The number of ether oxygens (including phenoxy) is 2. The number of methoxy groups -OCH3 is 2. The maximum absolute atomic E-state index is 11.5. The van der Waals surface area contributed by atoms with Crippen molar-refractivity contribution in [2.75, 3.05) is 21.3 Å². The molecule has 6 nitrogen and oxygen atoms in total. The molecule has 0 aromatic heterocycles. The van der Waals surface area contributed by atoms with E-state index in [0.29, 0.717) is 16.7 Å². The van der Waals surface area contributed by atoms with Crippen LogP contribution in [0.15, 0.2) is 60.7 Å². The van der Waals surface area contributed by atoms with Gasteiger partial charge in [-0.05, 0) is 63.1 Å². The van der Waals surface area contributed by atoms with Crippen molar-refractivity contribution in [2.45, 2.75) is 34.2 Å². The fraction of sp³-hybridized carbons (Fsp3) is 0.276. The van der Waals surface area contributed by atoms with E-state index in [-0.39, 0.29) is 5.91 Å². The SMILES string of the molecule is COC(=O)c1ccc(C(=O)OC)c(C)c1.Cc1ccc(C)cc1.Cc1ccc2c(c1)C(=O)N(C)C2. The van der Waals surface area contributed by atoms with E-state index in [1.54, 1.807) is 24.0 Å². The highest BCUT2D eigenvalue weighted by Crippen LogP contribution is 2.21. The lowest BCUT2D eigenvalue weighted by molar-refractivity contribution is 0.0586. The molecule has 1 amide bonds. The minimum absolute atomic E-state index is 0.147. The zero-order valence-corrected chi connectivity index (χ0v) is 21.5. The van der Waals surface area contributed by atoms with Crippen LogP contribution in [0, 0.1) is 27.7 Å². The fourth-order valence-corrected chi connectivity index (χ4v) is 3.44. The van der Waals surface area contributed by atoms with Gasteiger partial charge in [0.25, 0.3) is 5.91 Å². The largest absolute Gasteiger partial charge is 0.465 e. The molecular formula is C29H33NO5. The Morgan fingerprint density at radius 3 is 1.80 bits per heavy atom. The molecule has 1 aliphatic heterocycles. The number of amides is 1. The number of hydrogen-bond donors (Lipinski definition) is 0. The van der Waals surface area contributed by atoms with Gasteiger partial charge in [-0.3, -0.25) is 4.79 Å². The molecule has 0 bridgehead atoms. The highest BCUT2D eigenvalue weighted by Gasteiger charge is 2.23. The first kappa shape index (κ1) is 27.3. The Labute approximate surface area is 207 Å². The van der Waals surface area contributed by atoms with Crippen LogP contribution in [0.5, 0.6) is 0 Å². The number of esters is 2. The van der Waals surface area contributed by atoms with E-state index < -0.39 is 11.9 Å². The monoisotopic (exact) mass is 475 g/mol. The predicted molar refractivity (Wildman–Crippen MR) is 137 cm³/mol. The van der Waals surface area contributed by atoms with Gasteiger partial charge in [-0.2, -0.15) is 0 Å². The zero-order valence-electron chi connectivity index (χ0n) is 21.5. The highest BCUT2D eigenvalue weighted by molar-refractivity contribution is 5.98. The van der Waals surface area contributed by atoms with E-state index >= 15 is 0 Å². The number of fused-ring (bicyclic) bond motifs is 1. The average Bonchev–Trinajstić information content (AvgIpc) is 3.13. The minimum Gasteiger partial charge on any atom is -0.465 e. The van der Waals surface area contributed by atoms with Gasteiger partial charge in [0.2, 0.25) is 0 Å². The van der Waals surface area contributed by atoms with E-state index in [1.165, 1.54) is 31.4 Å². The van der Waals surface area contributed by atoms with Crippen LogP contribution in [-0.4, -0.2) is 44.0 Å². The first-order chi connectivity index (χ1) is 16.6. The molecule has 0 spiro atoms. The Morgan fingerprint density at radius 2 is 1.29 bits per heavy atom. The fourth-order valence-electron chi connectivity index (χ4n) is 3.44. The van der Waals surface area contributed by atoms with Crippen molar-refractivity contribution in [3.05, 3.63) is 105 Å². The number of benzene rings is 3. The lowest BCUT2D eigenvalue weighted by Gasteiger charge is -2.05. The standard InChI is InChI=1S/C11H12O4.C10H11NO.C8H10/c1-7-6-8(10(12)14-2)4-5-9(7)11(13)15-3;1-7-3-4-8-6-11(2)10(12)9(8)5-7;1-7-3-5-8(2)6-4-7/h4-6H,1-3H3;3-5H,6H2,1-2H3;3-6H,1-2H3. The maximum atomic E-state index is 11.5. The molecule has 0 fully saturated rings. The molecule has 35 heavy (non-hydrogen) atoms. The number of rotatable bonds is 2. The number of carbonyl (C=O) groups excluding carboxylic acids is 3. The van der Waals surface area contributed by atoms with Crippen molar-refractivity contribution < 1.29 is 23.9 Å². The van der Waals surface area contributed by atoms with Gasteiger partial charge in [-0.15, -0.1) is 0 Å². The Bertz CT molecular complexity index is 1180. The van der Waals surface area contributed by atoms with Crippen LogP contribution >= 0.6 is 0 Å². The van der Waals surface area contributed by atoms with E-state index in [4.69, 9.17) is 0 Å². The molecule has 0 saturated heterocycles. The van der Waals surface area contributed by atoms with E-state index in [9.17, 15) is 14.4 Å². The number of hydrogen-bond acceptors (Lipinski definition) is 5. The van der Waals surface area contributed by atoms with Crippen LogP contribution in [0.1, 0.15) is 58.9 Å². The second kappa shape index (κ2) is 12.5. The van der Waals surface area contributed by atoms with Crippen molar-refractivity contribution >= 4 is 17.8 Å². The first-order valence-corrected chi connectivity index (χ1v) is 11.2. The van der Waals surface area contributed by atoms with E-state index in [2.05, 4.69) is 47.6 Å². The van der Waals surface area contributed by atoms with E-state index in [0.717, 1.165) is 23.2 Å². The molecule has 0 aliphatic carbocycles. The van der Waals surface area contributed by atoms with Crippen LogP contribution in [0.25, 0.3) is 0 Å². The van der Waals surface area contributed by atoms with Crippen LogP contribution in [-0.2, 0) is 16.0 Å². The summed E-state index contributed by atoms with van der Waals surface area (Å²) in [5.41, 5.74) is 7.38. The molecular weight excluding hydrogens is 442 g/mol. The zero-order chi connectivity index (χ0) is 26.1. The summed E-state index contributed by atoms with van der Waals surface area (Å²) < 4.78 is 9.15. The molecule has 3 aromatic rings. The minimum atomic E-state index is -0.422. The lowest BCUT2D eigenvalue weighted by Crippen LogP contribution is -2.17. The van der Waals surface area contributed by atoms with Crippen molar-refractivity contribution in [3.63, 3.8) is 0 Å². The van der Waals surface area contributed by atoms with Crippen molar-refractivity contribution in [2.24, 2.45) is 0 Å². The number of carbonyl (C=O) groups is 3. The molecule has 3 aromatic carbocycles. The summed E-state index contributed by atoms with van der Waals surface area (Å²) in [6.45, 7) is 8.69. The maximum Gasteiger partial charge on any atom is 0.338 e. The van der Waals surface area contributed by atoms with Gasteiger partial charge >= 0.3 is 11.9 Å². The summed E-state index contributed by atoms with van der Waals surface area (Å²) >= 11 is 0. The van der Waals surface area contributed by atoms with Gasteiger partial charge in [0.15, 0.2) is 0 Å². The molecule has 4 rings (SSSR count). The summed E-state index contributed by atoms with van der Waals surface area (Å²) in [5, 5.41) is 0. The summed E-state index contributed by atoms with van der Waals surface area (Å²) in [4.78, 5) is 35.6.